The topological polar surface area (TPSA) is 28.2 Å². The largest absolute Gasteiger partial charge is 0.314 e. The van der Waals surface area contributed by atoms with Crippen LogP contribution in [0.1, 0.15) is 11.7 Å². The Morgan fingerprint density at radius 2 is 1.81 bits per heavy atom. The lowest BCUT2D eigenvalue weighted by molar-refractivity contribution is 0.201. The Hall–Kier alpha value is -1.13. The van der Waals surface area contributed by atoms with Crippen molar-refractivity contribution in [3.8, 4) is 0 Å². The van der Waals surface area contributed by atoms with Crippen LogP contribution in [0.15, 0.2) is 49.1 Å². The zero-order chi connectivity index (χ0) is 13.1. The van der Waals surface area contributed by atoms with Gasteiger partial charge in [-0.1, -0.05) is 30.3 Å². The summed E-state index contributed by atoms with van der Waals surface area (Å²) in [6, 6.07) is 12.7. The molecule has 1 aromatic carbocycles. The summed E-state index contributed by atoms with van der Waals surface area (Å²) < 4.78 is 0. The minimum atomic E-state index is 0. The lowest BCUT2D eigenvalue weighted by Crippen LogP contribution is -2.44. The summed E-state index contributed by atoms with van der Waals surface area (Å²) in [6.45, 7) is 8.16. The van der Waals surface area contributed by atoms with Crippen molar-refractivity contribution in [2.45, 2.75) is 6.04 Å². The van der Waals surface area contributed by atoms with Gasteiger partial charge in [-0.2, -0.15) is 0 Å². The molecule has 1 atom stereocenters. The SMILES string of the molecule is C=C[C@H](c1ccc2ccccc2n1)N1CCNCC1.Cl.Cl. The van der Waals surface area contributed by atoms with Crippen LogP contribution in [0.25, 0.3) is 10.9 Å². The van der Waals surface area contributed by atoms with Crippen LogP contribution < -0.4 is 5.32 Å². The first-order valence-electron chi connectivity index (χ1n) is 6.81. The van der Waals surface area contributed by atoms with Crippen molar-refractivity contribution >= 4 is 35.7 Å². The van der Waals surface area contributed by atoms with Crippen molar-refractivity contribution < 1.29 is 0 Å². The minimum Gasteiger partial charge on any atom is -0.314 e. The maximum atomic E-state index is 4.79. The second-order valence-corrected chi connectivity index (χ2v) is 4.90. The summed E-state index contributed by atoms with van der Waals surface area (Å²) in [5.41, 5.74) is 2.15. The lowest BCUT2D eigenvalue weighted by Gasteiger charge is -2.32. The van der Waals surface area contributed by atoms with Gasteiger partial charge in [0, 0.05) is 31.6 Å². The van der Waals surface area contributed by atoms with E-state index in [0.29, 0.717) is 0 Å². The molecule has 1 aliphatic rings. The van der Waals surface area contributed by atoms with Gasteiger partial charge in [0.25, 0.3) is 0 Å². The van der Waals surface area contributed by atoms with Gasteiger partial charge in [0.2, 0.25) is 0 Å². The molecule has 0 saturated carbocycles. The summed E-state index contributed by atoms with van der Waals surface area (Å²) in [6.07, 6.45) is 2.00. The molecule has 0 aliphatic carbocycles. The van der Waals surface area contributed by atoms with Crippen LogP contribution in [-0.2, 0) is 0 Å². The molecule has 1 saturated heterocycles. The van der Waals surface area contributed by atoms with Crippen molar-refractivity contribution in [2.24, 2.45) is 0 Å². The van der Waals surface area contributed by atoms with Crippen molar-refractivity contribution in [3.05, 3.63) is 54.7 Å². The molecule has 3 nitrogen and oxygen atoms in total. The fraction of sp³-hybridized carbons (Fsp3) is 0.312. The van der Waals surface area contributed by atoms with E-state index in [4.69, 9.17) is 4.98 Å². The number of benzene rings is 1. The number of nitrogens with zero attached hydrogens (tertiary/aromatic N) is 2. The molecule has 2 aromatic rings. The number of hydrogen-bond donors (Lipinski definition) is 1. The molecule has 1 aliphatic heterocycles. The predicted octanol–water partition coefficient (Wildman–Crippen LogP) is 3.21. The third-order valence-electron chi connectivity index (χ3n) is 3.69. The Bertz CT molecular complexity index is 582. The van der Waals surface area contributed by atoms with E-state index in [1.807, 2.05) is 18.2 Å². The van der Waals surface area contributed by atoms with Gasteiger partial charge in [0.15, 0.2) is 0 Å². The molecule has 0 bridgehead atoms. The van der Waals surface area contributed by atoms with Crippen LogP contribution in [0.4, 0.5) is 0 Å². The van der Waals surface area contributed by atoms with Crippen LogP contribution in [0.5, 0.6) is 0 Å². The van der Waals surface area contributed by atoms with Crippen LogP contribution in [0, 0.1) is 0 Å². The molecule has 0 radical (unpaired) electrons. The predicted molar refractivity (Wildman–Crippen MR) is 93.6 cm³/mol. The van der Waals surface area contributed by atoms with E-state index < -0.39 is 0 Å². The zero-order valence-corrected chi connectivity index (χ0v) is 13.5. The molecule has 5 heteroatoms. The number of rotatable bonds is 3. The monoisotopic (exact) mass is 325 g/mol. The number of hydrogen-bond acceptors (Lipinski definition) is 3. The molecule has 1 fully saturated rings. The normalized spacial score (nSPS) is 16.6. The second-order valence-electron chi connectivity index (χ2n) is 4.90. The molecule has 2 heterocycles. The summed E-state index contributed by atoms with van der Waals surface area (Å²) in [5.74, 6) is 0. The van der Waals surface area contributed by atoms with E-state index in [1.165, 1.54) is 5.39 Å². The van der Waals surface area contributed by atoms with Gasteiger partial charge in [-0.05, 0) is 12.1 Å². The summed E-state index contributed by atoms with van der Waals surface area (Å²) >= 11 is 0. The first-order chi connectivity index (χ1) is 9.38. The molecule has 0 spiro atoms. The first kappa shape index (κ1) is 17.9. The number of fused-ring (bicyclic) bond motifs is 1. The van der Waals surface area contributed by atoms with Gasteiger partial charge >= 0.3 is 0 Å². The Kier molecular flexibility index (Phi) is 7.12. The smallest absolute Gasteiger partial charge is 0.0706 e. The van der Waals surface area contributed by atoms with Gasteiger partial charge < -0.3 is 5.32 Å². The first-order valence-corrected chi connectivity index (χ1v) is 6.81. The van der Waals surface area contributed by atoms with Gasteiger partial charge in [0.1, 0.15) is 0 Å². The molecule has 1 N–H and O–H groups in total. The summed E-state index contributed by atoms with van der Waals surface area (Å²) in [7, 11) is 0. The number of nitrogens with one attached hydrogen (secondary N) is 1. The van der Waals surface area contributed by atoms with Gasteiger partial charge in [-0.15, -0.1) is 31.4 Å². The highest BCUT2D eigenvalue weighted by molar-refractivity contribution is 5.85. The highest BCUT2D eigenvalue weighted by Gasteiger charge is 2.20. The van der Waals surface area contributed by atoms with E-state index in [0.717, 1.165) is 37.4 Å². The second kappa shape index (κ2) is 8.35. The number of para-hydroxylation sites is 1. The molecule has 114 valence electrons. The number of piperazine rings is 1. The third kappa shape index (κ3) is 3.95. The van der Waals surface area contributed by atoms with Gasteiger partial charge in [0.05, 0.1) is 17.3 Å². The van der Waals surface area contributed by atoms with Crippen molar-refractivity contribution in [1.82, 2.24) is 15.2 Å². The van der Waals surface area contributed by atoms with Crippen molar-refractivity contribution in [1.29, 1.82) is 0 Å². The Labute approximate surface area is 138 Å². The van der Waals surface area contributed by atoms with Crippen LogP contribution in [0.2, 0.25) is 0 Å². The Morgan fingerprint density at radius 1 is 1.10 bits per heavy atom. The number of halogens is 2. The summed E-state index contributed by atoms with van der Waals surface area (Å²) in [4.78, 5) is 7.22. The molecular formula is C16H21Cl2N3. The lowest BCUT2D eigenvalue weighted by atomic mass is 10.1. The molecule has 21 heavy (non-hydrogen) atoms. The number of aromatic nitrogens is 1. The van der Waals surface area contributed by atoms with Crippen molar-refractivity contribution in [2.75, 3.05) is 26.2 Å². The average molecular weight is 326 g/mol. The quantitative estimate of drug-likeness (QED) is 0.878. The van der Waals surface area contributed by atoms with Crippen LogP contribution >= 0.6 is 24.8 Å². The fourth-order valence-corrected chi connectivity index (χ4v) is 2.66. The number of pyridine rings is 1. The maximum absolute atomic E-state index is 4.79. The van der Waals surface area contributed by atoms with E-state index in [-0.39, 0.29) is 30.9 Å². The third-order valence-corrected chi connectivity index (χ3v) is 3.69. The standard InChI is InChI=1S/C16H19N3.2ClH/c1-2-16(19-11-9-17-10-12-19)15-8-7-13-5-3-4-6-14(13)18-15;;/h2-8,16-17H,1,9-12H2;2*1H/t16-;;/m1../s1. The molecule has 0 amide bonds. The highest BCUT2D eigenvalue weighted by atomic mass is 35.5. The Balaban J connectivity index is 0.00000110. The van der Waals surface area contributed by atoms with Crippen LogP contribution in [-0.4, -0.2) is 36.1 Å². The molecule has 1 aromatic heterocycles. The Morgan fingerprint density at radius 3 is 2.52 bits per heavy atom. The fourth-order valence-electron chi connectivity index (χ4n) is 2.66. The van der Waals surface area contributed by atoms with Crippen LogP contribution in [0.3, 0.4) is 0 Å². The van der Waals surface area contributed by atoms with Crippen molar-refractivity contribution in [3.63, 3.8) is 0 Å². The summed E-state index contributed by atoms with van der Waals surface area (Å²) in [5, 5.41) is 4.57. The van der Waals surface area contributed by atoms with E-state index in [9.17, 15) is 0 Å². The van der Waals surface area contributed by atoms with E-state index >= 15 is 0 Å². The van der Waals surface area contributed by atoms with E-state index in [1.54, 1.807) is 0 Å². The maximum Gasteiger partial charge on any atom is 0.0706 e. The molecule has 3 rings (SSSR count). The zero-order valence-electron chi connectivity index (χ0n) is 11.9. The highest BCUT2D eigenvalue weighted by Crippen LogP contribution is 2.22. The molecular weight excluding hydrogens is 305 g/mol. The average Bonchev–Trinajstić information content (AvgIpc) is 2.49. The van der Waals surface area contributed by atoms with Gasteiger partial charge in [-0.3, -0.25) is 9.88 Å². The van der Waals surface area contributed by atoms with Gasteiger partial charge in [-0.25, -0.2) is 0 Å². The van der Waals surface area contributed by atoms with E-state index in [2.05, 4.69) is 41.1 Å². The minimum absolute atomic E-state index is 0. The molecule has 0 unspecified atom stereocenters.